The lowest BCUT2D eigenvalue weighted by molar-refractivity contribution is -0.460. The van der Waals surface area contributed by atoms with Crippen molar-refractivity contribution >= 4 is 16.8 Å². The van der Waals surface area contributed by atoms with Gasteiger partial charge < -0.3 is 0 Å². The summed E-state index contributed by atoms with van der Waals surface area (Å²) in [4.78, 5) is 0. The first kappa shape index (κ1) is 10.3. The normalized spacial score (nSPS) is 9.85. The molecule has 0 saturated heterocycles. The molecule has 13 heavy (non-hydrogen) atoms. The highest BCUT2D eigenvalue weighted by Gasteiger charge is 2.09. The summed E-state index contributed by atoms with van der Waals surface area (Å²) in [6.45, 7) is 2.12. The van der Waals surface area contributed by atoms with Gasteiger partial charge in [0.2, 0.25) is 5.04 Å². The van der Waals surface area contributed by atoms with Crippen molar-refractivity contribution in [3.8, 4) is 0 Å². The van der Waals surface area contributed by atoms with Crippen LogP contribution in [0, 0.1) is 6.92 Å². The van der Waals surface area contributed by atoms with E-state index in [2.05, 4.69) is 56.1 Å². The third-order valence-electron chi connectivity index (χ3n) is 1.86. The van der Waals surface area contributed by atoms with Gasteiger partial charge in [-0.1, -0.05) is 29.5 Å². The van der Waals surface area contributed by atoms with Gasteiger partial charge in [-0.2, -0.15) is 0 Å². The van der Waals surface area contributed by atoms with E-state index in [1.54, 1.807) is 11.8 Å². The number of hydrogen-bond acceptors (Lipinski definition) is 1. The molecule has 0 fully saturated rings. The summed E-state index contributed by atoms with van der Waals surface area (Å²) in [6.07, 6.45) is 2.11. The van der Waals surface area contributed by atoms with E-state index in [0.29, 0.717) is 0 Å². The highest BCUT2D eigenvalue weighted by Crippen LogP contribution is 2.11. The monoisotopic (exact) mass is 194 g/mol. The van der Waals surface area contributed by atoms with E-state index in [1.807, 2.05) is 0 Å². The lowest BCUT2D eigenvalue weighted by Crippen LogP contribution is -2.10. The van der Waals surface area contributed by atoms with Gasteiger partial charge >= 0.3 is 0 Å². The first-order valence-electron chi connectivity index (χ1n) is 4.30. The molecule has 0 spiro atoms. The third-order valence-corrected chi connectivity index (χ3v) is 2.85. The van der Waals surface area contributed by atoms with E-state index >= 15 is 0 Å². The molecule has 0 radical (unpaired) electrons. The molecule has 1 rings (SSSR count). The topological polar surface area (TPSA) is 3.01 Å². The molecular formula is C11H16NS+. The van der Waals surface area contributed by atoms with E-state index in [9.17, 15) is 0 Å². The second-order valence-corrected chi connectivity index (χ2v) is 4.07. The van der Waals surface area contributed by atoms with Crippen LogP contribution in [-0.2, 0) is 0 Å². The molecule has 0 aliphatic heterocycles. The number of benzene rings is 1. The minimum atomic E-state index is 1.30. The Kier molecular flexibility index (Phi) is 3.55. The summed E-state index contributed by atoms with van der Waals surface area (Å²) < 4.78 is 2.15. The van der Waals surface area contributed by atoms with Crippen molar-refractivity contribution in [2.24, 2.45) is 0 Å². The van der Waals surface area contributed by atoms with Crippen LogP contribution in [0.2, 0.25) is 0 Å². The number of thioether (sulfide) groups is 1. The van der Waals surface area contributed by atoms with Crippen LogP contribution in [0.3, 0.4) is 0 Å². The fraction of sp³-hybridized carbons (Fsp3) is 0.364. The van der Waals surface area contributed by atoms with Gasteiger partial charge in [0.25, 0.3) is 0 Å². The van der Waals surface area contributed by atoms with Crippen molar-refractivity contribution in [2.45, 2.75) is 6.92 Å². The van der Waals surface area contributed by atoms with E-state index in [4.69, 9.17) is 0 Å². The number of hydrogen-bond donors (Lipinski definition) is 0. The van der Waals surface area contributed by atoms with Crippen LogP contribution >= 0.6 is 11.8 Å². The zero-order valence-electron chi connectivity index (χ0n) is 8.66. The molecule has 0 N–H and O–H groups in total. The lowest BCUT2D eigenvalue weighted by Gasteiger charge is -2.01. The maximum absolute atomic E-state index is 2.21. The average molecular weight is 194 g/mol. The van der Waals surface area contributed by atoms with Gasteiger partial charge in [0.1, 0.15) is 14.1 Å². The Hall–Kier alpha value is -0.760. The molecule has 0 aromatic heterocycles. The number of aryl methyl sites for hydroxylation is 1. The molecule has 0 aliphatic carbocycles. The van der Waals surface area contributed by atoms with Gasteiger partial charge in [0, 0.05) is 0 Å². The number of nitrogens with zero attached hydrogens (tertiary/aromatic N) is 1. The standard InChI is InChI=1S/C11H16NS/c1-9-6-5-7-10(8-9)11(13-4)12(2)3/h5-8H,1-4H3/q+1. The summed E-state index contributed by atoms with van der Waals surface area (Å²) >= 11 is 1.78. The fourth-order valence-corrected chi connectivity index (χ4v) is 2.06. The fourth-order valence-electron chi connectivity index (χ4n) is 1.34. The Morgan fingerprint density at radius 1 is 1.31 bits per heavy atom. The molecule has 0 heterocycles. The first-order chi connectivity index (χ1) is 6.15. The molecule has 0 unspecified atom stereocenters. The van der Waals surface area contributed by atoms with Crippen molar-refractivity contribution in [1.29, 1.82) is 0 Å². The predicted octanol–water partition coefficient (Wildman–Crippen LogP) is 2.38. The minimum absolute atomic E-state index is 1.30. The van der Waals surface area contributed by atoms with Crippen molar-refractivity contribution in [3.05, 3.63) is 35.4 Å². The van der Waals surface area contributed by atoms with Crippen LogP contribution in [0.15, 0.2) is 24.3 Å². The SMILES string of the molecule is CSC(c1cccc(C)c1)=[N+](C)C. The molecule has 1 nitrogen and oxygen atoms in total. The van der Waals surface area contributed by atoms with E-state index < -0.39 is 0 Å². The summed E-state index contributed by atoms with van der Waals surface area (Å²) in [5.41, 5.74) is 2.61. The summed E-state index contributed by atoms with van der Waals surface area (Å²) in [5, 5.41) is 1.31. The number of rotatable bonds is 1. The Balaban J connectivity index is 3.14. The van der Waals surface area contributed by atoms with Crippen molar-refractivity contribution in [1.82, 2.24) is 0 Å². The lowest BCUT2D eigenvalue weighted by atomic mass is 10.1. The Morgan fingerprint density at radius 3 is 2.46 bits per heavy atom. The molecular weight excluding hydrogens is 178 g/mol. The largest absolute Gasteiger partial charge is 0.241 e. The zero-order chi connectivity index (χ0) is 9.84. The van der Waals surface area contributed by atoms with Crippen LogP contribution in [0.5, 0.6) is 0 Å². The van der Waals surface area contributed by atoms with Gasteiger partial charge in [-0.3, -0.25) is 0 Å². The second kappa shape index (κ2) is 4.47. The van der Waals surface area contributed by atoms with Gasteiger partial charge in [0.15, 0.2) is 0 Å². The van der Waals surface area contributed by atoms with Crippen LogP contribution in [0.25, 0.3) is 0 Å². The van der Waals surface area contributed by atoms with Gasteiger partial charge in [0.05, 0.1) is 5.56 Å². The molecule has 70 valence electrons. The van der Waals surface area contributed by atoms with Gasteiger partial charge in [-0.15, -0.1) is 0 Å². The third kappa shape index (κ3) is 2.59. The predicted molar refractivity (Wildman–Crippen MR) is 60.9 cm³/mol. The quantitative estimate of drug-likeness (QED) is 0.377. The van der Waals surface area contributed by atoms with Crippen molar-refractivity contribution in [2.75, 3.05) is 20.4 Å². The molecule has 0 atom stereocenters. The molecule has 2 heteroatoms. The zero-order valence-corrected chi connectivity index (χ0v) is 9.48. The highest BCUT2D eigenvalue weighted by molar-refractivity contribution is 8.13. The van der Waals surface area contributed by atoms with Gasteiger partial charge in [-0.05, 0) is 25.3 Å². The maximum atomic E-state index is 2.21. The van der Waals surface area contributed by atoms with E-state index in [-0.39, 0.29) is 0 Å². The summed E-state index contributed by atoms with van der Waals surface area (Å²) in [6, 6.07) is 8.59. The van der Waals surface area contributed by atoms with E-state index in [0.717, 1.165) is 0 Å². The molecule has 0 amide bonds. The van der Waals surface area contributed by atoms with Crippen LogP contribution in [0.4, 0.5) is 0 Å². The Morgan fingerprint density at radius 2 is 2.00 bits per heavy atom. The summed E-state index contributed by atoms with van der Waals surface area (Å²) in [7, 11) is 4.16. The first-order valence-corrected chi connectivity index (χ1v) is 5.53. The van der Waals surface area contributed by atoms with Crippen LogP contribution in [0.1, 0.15) is 11.1 Å². The smallest absolute Gasteiger partial charge is 0.229 e. The highest BCUT2D eigenvalue weighted by atomic mass is 32.2. The van der Waals surface area contributed by atoms with E-state index in [1.165, 1.54) is 16.2 Å². The Bertz CT molecular complexity index is 325. The molecule has 1 aromatic rings. The van der Waals surface area contributed by atoms with Crippen LogP contribution < -0.4 is 0 Å². The second-order valence-electron chi connectivity index (χ2n) is 3.27. The minimum Gasteiger partial charge on any atom is -0.229 e. The molecule has 0 aliphatic rings. The van der Waals surface area contributed by atoms with Crippen molar-refractivity contribution < 1.29 is 4.58 Å². The molecule has 0 bridgehead atoms. The summed E-state index contributed by atoms with van der Waals surface area (Å²) in [5.74, 6) is 0. The molecule has 1 aromatic carbocycles. The van der Waals surface area contributed by atoms with Crippen LogP contribution in [-0.4, -0.2) is 30.0 Å². The average Bonchev–Trinajstić information content (AvgIpc) is 2.04. The molecule has 0 saturated carbocycles. The Labute approximate surface area is 84.5 Å². The van der Waals surface area contributed by atoms with Gasteiger partial charge in [-0.25, -0.2) is 4.58 Å². The van der Waals surface area contributed by atoms with Crippen molar-refractivity contribution in [3.63, 3.8) is 0 Å². The maximum Gasteiger partial charge on any atom is 0.241 e.